The first-order chi connectivity index (χ1) is 25.2. The summed E-state index contributed by atoms with van der Waals surface area (Å²) in [6, 6.07) is 8.89. The molecule has 14 nitrogen and oxygen atoms in total. The van der Waals surface area contributed by atoms with E-state index in [4.69, 9.17) is 14.2 Å². The second kappa shape index (κ2) is 17.6. The molecule has 1 aromatic carbocycles. The minimum atomic E-state index is -4.13. The number of nitrogens with one attached hydrogen (secondary N) is 1. The molecule has 1 aliphatic carbocycles. The summed E-state index contributed by atoms with van der Waals surface area (Å²) in [5.74, 6) is 2.19. The fourth-order valence-corrected chi connectivity index (χ4v) is 8.72. The molecule has 2 N–H and O–H groups in total. The normalized spacial score (nSPS) is 22.3. The molecule has 2 amide bonds. The van der Waals surface area contributed by atoms with E-state index in [2.05, 4.69) is 21.1 Å². The van der Waals surface area contributed by atoms with Crippen LogP contribution in [0.3, 0.4) is 0 Å². The summed E-state index contributed by atoms with van der Waals surface area (Å²) in [7, 11) is -4.13. The van der Waals surface area contributed by atoms with Crippen LogP contribution in [0, 0.1) is 11.8 Å². The first-order valence-electron chi connectivity index (χ1n) is 18.3. The van der Waals surface area contributed by atoms with Crippen LogP contribution in [0.5, 0.6) is 11.5 Å². The molecule has 2 aromatic rings. The number of Topliss-reactive ketones (excluding diaryl/α,β-unsaturated/α-hetero) is 1. The van der Waals surface area contributed by atoms with E-state index >= 15 is 0 Å². The van der Waals surface area contributed by atoms with Gasteiger partial charge in [0.1, 0.15) is 24.1 Å². The number of nitrogens with zero attached hydrogens (tertiary/aromatic N) is 4. The van der Waals surface area contributed by atoms with Gasteiger partial charge in [-0.05, 0) is 61.4 Å². The molecule has 4 aliphatic rings. The maximum absolute atomic E-state index is 13.5. The van der Waals surface area contributed by atoms with Gasteiger partial charge in [0.2, 0.25) is 6.20 Å². The smallest absolute Gasteiger partial charge is 0.361 e. The van der Waals surface area contributed by atoms with Crippen LogP contribution < -0.4 is 19.5 Å². The van der Waals surface area contributed by atoms with Crippen LogP contribution in [0.15, 0.2) is 58.7 Å². The van der Waals surface area contributed by atoms with Gasteiger partial charge in [-0.2, -0.15) is 9.30 Å². The summed E-state index contributed by atoms with van der Waals surface area (Å²) in [5, 5.41) is 12.6. The Labute approximate surface area is 304 Å². The van der Waals surface area contributed by atoms with Gasteiger partial charge in [-0.3, -0.25) is 24.5 Å². The monoisotopic (exact) mass is 738 g/mol. The van der Waals surface area contributed by atoms with E-state index in [0.717, 1.165) is 74.8 Å². The minimum Gasteiger partial charge on any atom is -0.492 e. The van der Waals surface area contributed by atoms with Crippen molar-refractivity contribution in [3.63, 3.8) is 0 Å². The maximum atomic E-state index is 13.5. The van der Waals surface area contributed by atoms with Gasteiger partial charge in [-0.1, -0.05) is 32.1 Å². The lowest BCUT2D eigenvalue weighted by Gasteiger charge is -2.26. The van der Waals surface area contributed by atoms with Crippen LogP contribution in [-0.4, -0.2) is 111 Å². The second-order valence-corrected chi connectivity index (χ2v) is 15.8. The van der Waals surface area contributed by atoms with Crippen molar-refractivity contribution < 1.29 is 46.9 Å². The zero-order valence-electron chi connectivity index (χ0n) is 29.4. The van der Waals surface area contributed by atoms with Gasteiger partial charge in [-0.25, -0.2) is 8.42 Å². The summed E-state index contributed by atoms with van der Waals surface area (Å²) < 4.78 is 45.2. The van der Waals surface area contributed by atoms with E-state index in [9.17, 15) is 28.0 Å². The molecule has 0 radical (unpaired) electrons. The van der Waals surface area contributed by atoms with Gasteiger partial charge in [0.05, 0.1) is 19.8 Å². The number of fused-ring (bicyclic) bond motifs is 1. The Morgan fingerprint density at radius 2 is 1.90 bits per heavy atom. The Bertz CT molecular complexity index is 1770. The number of ketones is 1. The average molecular weight is 739 g/mol. The molecule has 52 heavy (non-hydrogen) atoms. The number of carbonyl (C=O) groups is 3. The molecule has 4 heterocycles. The number of amides is 2. The van der Waals surface area contributed by atoms with Crippen molar-refractivity contribution in [2.24, 2.45) is 16.8 Å². The quantitative estimate of drug-likeness (QED) is 0.187. The predicted octanol–water partition coefficient (Wildman–Crippen LogP) is 2.10. The molecule has 2 unspecified atom stereocenters. The number of sulfonamides is 1. The lowest BCUT2D eigenvalue weighted by molar-refractivity contribution is -0.933. The van der Waals surface area contributed by atoms with Crippen LogP contribution in [0.25, 0.3) is 0 Å². The second-order valence-electron chi connectivity index (χ2n) is 13.9. The number of morpholine rings is 1. The number of benzene rings is 1. The van der Waals surface area contributed by atoms with Crippen molar-refractivity contribution in [3.05, 3.63) is 54.2 Å². The topological polar surface area (TPSA) is 168 Å². The molecular formula is C37H48N5O9S+. The maximum Gasteiger partial charge on any atom is 0.361 e. The molecule has 1 aromatic heterocycles. The summed E-state index contributed by atoms with van der Waals surface area (Å²) >= 11 is 0. The van der Waals surface area contributed by atoms with E-state index in [0.29, 0.717) is 48.5 Å². The summed E-state index contributed by atoms with van der Waals surface area (Å²) in [4.78, 5) is 46.4. The third kappa shape index (κ3) is 9.64. The molecule has 15 heteroatoms. The van der Waals surface area contributed by atoms with Crippen LogP contribution in [-0.2, 0) is 35.6 Å². The van der Waals surface area contributed by atoms with Crippen molar-refractivity contribution in [1.29, 1.82) is 0 Å². The summed E-state index contributed by atoms with van der Waals surface area (Å²) in [5.41, 5.74) is 0.860. The van der Waals surface area contributed by atoms with Crippen molar-refractivity contribution >= 4 is 33.5 Å². The van der Waals surface area contributed by atoms with E-state index in [1.54, 1.807) is 6.07 Å². The molecule has 3 aliphatic heterocycles. The highest BCUT2D eigenvalue weighted by atomic mass is 32.2. The zero-order valence-corrected chi connectivity index (χ0v) is 30.2. The standard InChI is InChI=1S/C37H47N5O9S/c43-32-26-41(52(47,48)35-10-4-5-16-42(35)46)15-6-9-28(32)13-14-38-36(44)31(23-27-7-2-1-3-8-27)39-37(45)34-25-29-24-30(11-12-33(29)51-34)50-22-19-40-17-20-49-21-18-40/h4-5,10-13,16,24,27-28,31,34H,1-3,6-9,15,17-23,25-26H2,(H-,39,45,46)/p+1/t28?,31-,34?/m0/s1. The molecule has 3 fully saturated rings. The molecule has 0 spiro atoms. The number of rotatable bonds is 12. The molecule has 6 rings (SSSR count). The number of aliphatic imine (C=N–C) groups is 1. The number of carbonyl (C=O) groups excluding carboxylic acids is 3. The van der Waals surface area contributed by atoms with E-state index < -0.39 is 39.9 Å². The average Bonchev–Trinajstić information content (AvgIpc) is 3.48. The Hall–Kier alpha value is -4.14. The summed E-state index contributed by atoms with van der Waals surface area (Å²) in [6.07, 6.45) is 8.53. The van der Waals surface area contributed by atoms with Crippen LogP contribution in [0.1, 0.15) is 56.9 Å². The van der Waals surface area contributed by atoms with Crippen LogP contribution in [0.2, 0.25) is 0 Å². The van der Waals surface area contributed by atoms with Gasteiger partial charge in [-0.15, -0.1) is 0 Å². The third-order valence-corrected chi connectivity index (χ3v) is 12.1. The Kier molecular flexibility index (Phi) is 12.7. The number of hydrogen-bond acceptors (Lipinski definition) is 10. The molecule has 2 saturated heterocycles. The fraction of sp³-hybridized carbons (Fsp3) is 0.568. The van der Waals surface area contributed by atoms with Crippen molar-refractivity contribution in [2.75, 3.05) is 52.5 Å². The van der Waals surface area contributed by atoms with Gasteiger partial charge in [0, 0.05) is 60.9 Å². The molecule has 1 saturated carbocycles. The number of aromatic nitrogens is 1. The van der Waals surface area contributed by atoms with E-state index in [-0.39, 0.29) is 29.8 Å². The minimum absolute atomic E-state index is 0.0925. The number of pyridine rings is 1. The van der Waals surface area contributed by atoms with Gasteiger partial charge < -0.3 is 19.5 Å². The van der Waals surface area contributed by atoms with Crippen LogP contribution in [0.4, 0.5) is 0 Å². The molecular weight excluding hydrogens is 691 g/mol. The Morgan fingerprint density at radius 3 is 2.69 bits per heavy atom. The first kappa shape index (κ1) is 37.6. The number of allylic oxidation sites excluding steroid dienone is 1. The van der Waals surface area contributed by atoms with Crippen molar-refractivity contribution in [3.8, 4) is 11.5 Å². The van der Waals surface area contributed by atoms with Crippen molar-refractivity contribution in [2.45, 2.75) is 75.0 Å². The Balaban J connectivity index is 1.06. The highest BCUT2D eigenvalue weighted by Crippen LogP contribution is 2.33. The lowest BCUT2D eigenvalue weighted by Crippen LogP contribution is -2.47. The van der Waals surface area contributed by atoms with E-state index in [1.165, 1.54) is 30.5 Å². The number of hydrogen-bond donors (Lipinski definition) is 2. The number of ether oxygens (including phenoxy) is 3. The highest BCUT2D eigenvalue weighted by molar-refractivity contribution is 7.89. The lowest BCUT2D eigenvalue weighted by atomic mass is 9.84. The SMILES string of the molecule is O=C1CN(S(=O)(=O)c2cccc[n+]2O)CCCC1C=C=NC(=O)[C@H](CC1CCCCC1)NC(=O)C1Cc2cc(OCCN3CCOCC3)ccc2O1. The fourth-order valence-electron chi connectivity index (χ4n) is 7.24. The predicted molar refractivity (Wildman–Crippen MR) is 188 cm³/mol. The largest absolute Gasteiger partial charge is 0.492 e. The third-order valence-electron chi connectivity index (χ3n) is 10.2. The summed E-state index contributed by atoms with van der Waals surface area (Å²) in [6.45, 7) is 4.28. The van der Waals surface area contributed by atoms with Gasteiger partial charge >= 0.3 is 15.0 Å². The Morgan fingerprint density at radius 1 is 1.10 bits per heavy atom. The first-order valence-corrected chi connectivity index (χ1v) is 19.7. The molecule has 3 atom stereocenters. The zero-order chi connectivity index (χ0) is 36.5. The van der Waals surface area contributed by atoms with Crippen molar-refractivity contribution in [1.82, 2.24) is 14.5 Å². The van der Waals surface area contributed by atoms with E-state index in [1.807, 2.05) is 12.1 Å². The molecule has 280 valence electrons. The van der Waals surface area contributed by atoms with Gasteiger partial charge in [0.25, 0.3) is 11.8 Å². The van der Waals surface area contributed by atoms with Crippen LogP contribution >= 0.6 is 0 Å². The van der Waals surface area contributed by atoms with Gasteiger partial charge in [0.15, 0.2) is 11.9 Å². The molecule has 0 bridgehead atoms. The highest BCUT2D eigenvalue weighted by Gasteiger charge is 2.37.